The number of hydrogen-bond acceptors (Lipinski definition) is 4. The highest BCUT2D eigenvalue weighted by atomic mass is 15.1. The highest BCUT2D eigenvalue weighted by Crippen LogP contribution is 2.45. The van der Waals surface area contributed by atoms with Crippen LogP contribution in [0.2, 0.25) is 0 Å². The van der Waals surface area contributed by atoms with Crippen LogP contribution in [-0.2, 0) is 0 Å². The van der Waals surface area contributed by atoms with E-state index in [9.17, 15) is 0 Å². The van der Waals surface area contributed by atoms with Gasteiger partial charge in [0.1, 0.15) is 5.82 Å². The topological polar surface area (TPSA) is 49.8 Å². The minimum absolute atomic E-state index is 0.647. The SMILES string of the molecule is CCNc1nc(C)cc(NC(C2CC2)C2CC2)n1. The monoisotopic (exact) mass is 246 g/mol. The average Bonchev–Trinajstić information content (AvgIpc) is 3.18. The molecule has 3 rings (SSSR count). The zero-order chi connectivity index (χ0) is 12.5. The Hall–Kier alpha value is -1.32. The molecule has 4 nitrogen and oxygen atoms in total. The number of nitrogens with zero attached hydrogens (tertiary/aromatic N) is 2. The van der Waals surface area contributed by atoms with Gasteiger partial charge in [-0.15, -0.1) is 0 Å². The smallest absolute Gasteiger partial charge is 0.224 e. The van der Waals surface area contributed by atoms with Crippen LogP contribution in [0.3, 0.4) is 0 Å². The molecule has 0 aliphatic heterocycles. The summed E-state index contributed by atoms with van der Waals surface area (Å²) in [5, 5.41) is 6.84. The van der Waals surface area contributed by atoms with Crippen LogP contribution in [0.5, 0.6) is 0 Å². The molecular formula is C14H22N4. The van der Waals surface area contributed by atoms with Crippen molar-refractivity contribution in [3.8, 4) is 0 Å². The van der Waals surface area contributed by atoms with Crippen molar-refractivity contribution in [1.82, 2.24) is 9.97 Å². The van der Waals surface area contributed by atoms with Crippen molar-refractivity contribution in [2.24, 2.45) is 11.8 Å². The molecule has 4 heteroatoms. The lowest BCUT2D eigenvalue weighted by atomic mass is 10.1. The summed E-state index contributed by atoms with van der Waals surface area (Å²) in [5.41, 5.74) is 1.02. The molecular weight excluding hydrogens is 224 g/mol. The molecule has 18 heavy (non-hydrogen) atoms. The summed E-state index contributed by atoms with van der Waals surface area (Å²) in [4.78, 5) is 8.94. The third kappa shape index (κ3) is 2.74. The molecule has 2 N–H and O–H groups in total. The Morgan fingerprint density at radius 1 is 1.22 bits per heavy atom. The maximum absolute atomic E-state index is 4.55. The zero-order valence-electron chi connectivity index (χ0n) is 11.2. The van der Waals surface area contributed by atoms with Crippen LogP contribution in [0, 0.1) is 18.8 Å². The highest BCUT2D eigenvalue weighted by Gasteiger charge is 2.41. The summed E-state index contributed by atoms with van der Waals surface area (Å²) in [6.07, 6.45) is 5.55. The van der Waals surface area contributed by atoms with Crippen LogP contribution in [0.25, 0.3) is 0 Å². The van der Waals surface area contributed by atoms with Gasteiger partial charge in [0.25, 0.3) is 0 Å². The first kappa shape index (κ1) is 11.8. The van der Waals surface area contributed by atoms with E-state index < -0.39 is 0 Å². The molecule has 1 heterocycles. The van der Waals surface area contributed by atoms with E-state index in [4.69, 9.17) is 0 Å². The summed E-state index contributed by atoms with van der Waals surface area (Å²) in [6, 6.07) is 2.70. The molecule has 2 saturated carbocycles. The van der Waals surface area contributed by atoms with E-state index in [1.54, 1.807) is 0 Å². The first-order valence-corrected chi connectivity index (χ1v) is 7.12. The van der Waals surface area contributed by atoms with Crippen LogP contribution in [0.4, 0.5) is 11.8 Å². The maximum atomic E-state index is 4.55. The largest absolute Gasteiger partial charge is 0.367 e. The van der Waals surface area contributed by atoms with Crippen molar-refractivity contribution < 1.29 is 0 Å². The highest BCUT2D eigenvalue weighted by molar-refractivity contribution is 5.43. The first-order chi connectivity index (χ1) is 8.76. The van der Waals surface area contributed by atoms with E-state index in [1.165, 1.54) is 25.7 Å². The number of rotatable bonds is 6. The van der Waals surface area contributed by atoms with Crippen molar-refractivity contribution in [3.05, 3.63) is 11.8 Å². The Labute approximate surface area is 109 Å². The van der Waals surface area contributed by atoms with Crippen LogP contribution in [-0.4, -0.2) is 22.6 Å². The Morgan fingerprint density at radius 3 is 2.44 bits per heavy atom. The molecule has 0 aromatic carbocycles. The van der Waals surface area contributed by atoms with E-state index in [0.717, 1.165) is 35.8 Å². The summed E-state index contributed by atoms with van der Waals surface area (Å²) >= 11 is 0. The van der Waals surface area contributed by atoms with Gasteiger partial charge in [0.15, 0.2) is 0 Å². The molecule has 2 aliphatic rings. The number of anilines is 2. The maximum Gasteiger partial charge on any atom is 0.224 e. The third-order valence-electron chi connectivity index (χ3n) is 3.76. The quantitative estimate of drug-likeness (QED) is 0.810. The van der Waals surface area contributed by atoms with E-state index in [2.05, 4.69) is 33.6 Å². The van der Waals surface area contributed by atoms with E-state index >= 15 is 0 Å². The zero-order valence-corrected chi connectivity index (χ0v) is 11.2. The van der Waals surface area contributed by atoms with Gasteiger partial charge in [-0.3, -0.25) is 0 Å². The standard InChI is InChI=1S/C14H22N4/c1-3-15-14-16-9(2)8-12(18-14)17-13(10-4-5-10)11-6-7-11/h8,10-11,13H,3-7H2,1-2H3,(H2,15,16,17,18). The Balaban J connectivity index is 1.73. The number of hydrogen-bond donors (Lipinski definition) is 2. The van der Waals surface area contributed by atoms with Gasteiger partial charge in [0, 0.05) is 24.3 Å². The predicted molar refractivity (Wildman–Crippen MR) is 73.8 cm³/mol. The minimum Gasteiger partial charge on any atom is -0.367 e. The molecule has 0 amide bonds. The van der Waals surface area contributed by atoms with Crippen molar-refractivity contribution in [2.75, 3.05) is 17.2 Å². The lowest BCUT2D eigenvalue weighted by molar-refractivity contribution is 0.565. The fourth-order valence-electron chi connectivity index (χ4n) is 2.58. The molecule has 0 atom stereocenters. The second-order valence-corrected chi connectivity index (χ2v) is 5.59. The van der Waals surface area contributed by atoms with Crippen molar-refractivity contribution in [3.63, 3.8) is 0 Å². The third-order valence-corrected chi connectivity index (χ3v) is 3.76. The molecule has 98 valence electrons. The molecule has 0 radical (unpaired) electrons. The van der Waals surface area contributed by atoms with Crippen LogP contribution in [0.15, 0.2) is 6.07 Å². The Kier molecular flexibility index (Phi) is 3.10. The fraction of sp³-hybridized carbons (Fsp3) is 0.714. The molecule has 0 unspecified atom stereocenters. The van der Waals surface area contributed by atoms with Gasteiger partial charge >= 0.3 is 0 Å². The van der Waals surface area contributed by atoms with Gasteiger partial charge in [-0.2, -0.15) is 4.98 Å². The molecule has 1 aromatic rings. The Morgan fingerprint density at radius 2 is 1.89 bits per heavy atom. The number of aromatic nitrogens is 2. The minimum atomic E-state index is 0.647. The first-order valence-electron chi connectivity index (χ1n) is 7.12. The second-order valence-electron chi connectivity index (χ2n) is 5.59. The van der Waals surface area contributed by atoms with Crippen LogP contribution < -0.4 is 10.6 Å². The summed E-state index contributed by atoms with van der Waals surface area (Å²) in [5.74, 6) is 3.50. The van der Waals surface area contributed by atoms with Crippen LogP contribution in [0.1, 0.15) is 38.3 Å². The molecule has 0 bridgehead atoms. The van der Waals surface area contributed by atoms with Gasteiger partial charge in [-0.25, -0.2) is 4.98 Å². The van der Waals surface area contributed by atoms with Gasteiger partial charge in [0.2, 0.25) is 5.95 Å². The van der Waals surface area contributed by atoms with E-state index in [-0.39, 0.29) is 0 Å². The van der Waals surface area contributed by atoms with Gasteiger partial charge in [-0.1, -0.05) is 0 Å². The molecule has 2 aliphatic carbocycles. The Bertz CT molecular complexity index is 412. The second kappa shape index (κ2) is 4.75. The summed E-state index contributed by atoms with van der Waals surface area (Å²) < 4.78 is 0. The van der Waals surface area contributed by atoms with Gasteiger partial charge < -0.3 is 10.6 Å². The molecule has 2 fully saturated rings. The summed E-state index contributed by atoms with van der Waals surface area (Å²) in [6.45, 7) is 4.95. The van der Waals surface area contributed by atoms with E-state index in [1.807, 2.05) is 6.92 Å². The van der Waals surface area contributed by atoms with Crippen molar-refractivity contribution >= 4 is 11.8 Å². The molecule has 0 saturated heterocycles. The van der Waals surface area contributed by atoms with Gasteiger partial charge in [-0.05, 0) is 51.4 Å². The predicted octanol–water partition coefficient (Wildman–Crippen LogP) is 2.82. The van der Waals surface area contributed by atoms with Gasteiger partial charge in [0.05, 0.1) is 0 Å². The van der Waals surface area contributed by atoms with Crippen LogP contribution >= 0.6 is 0 Å². The van der Waals surface area contributed by atoms with E-state index in [0.29, 0.717) is 6.04 Å². The van der Waals surface area contributed by atoms with Crippen molar-refractivity contribution in [2.45, 2.75) is 45.6 Å². The molecule has 1 aromatic heterocycles. The summed E-state index contributed by atoms with van der Waals surface area (Å²) in [7, 11) is 0. The fourth-order valence-corrected chi connectivity index (χ4v) is 2.58. The normalized spacial score (nSPS) is 19.1. The number of aryl methyl sites for hydroxylation is 1. The number of nitrogens with one attached hydrogen (secondary N) is 2. The lowest BCUT2D eigenvalue weighted by Gasteiger charge is -2.19. The lowest BCUT2D eigenvalue weighted by Crippen LogP contribution is -2.25. The average molecular weight is 246 g/mol. The molecule has 0 spiro atoms. The van der Waals surface area contributed by atoms with Crippen molar-refractivity contribution in [1.29, 1.82) is 0 Å².